The lowest BCUT2D eigenvalue weighted by Gasteiger charge is -2.12. The quantitative estimate of drug-likeness (QED) is 0.878. The Morgan fingerprint density at radius 2 is 2.00 bits per heavy atom. The Labute approximate surface area is 145 Å². The number of ether oxygens (including phenoxy) is 1. The Kier molecular flexibility index (Phi) is 4.70. The summed E-state index contributed by atoms with van der Waals surface area (Å²) in [7, 11) is 3.03. The molecule has 2 aromatic rings. The van der Waals surface area contributed by atoms with Gasteiger partial charge in [-0.15, -0.1) is 0 Å². The van der Waals surface area contributed by atoms with E-state index in [1.807, 2.05) is 6.07 Å². The van der Waals surface area contributed by atoms with Crippen molar-refractivity contribution in [2.45, 2.75) is 12.3 Å². The molecule has 2 amide bonds. The summed E-state index contributed by atoms with van der Waals surface area (Å²) in [6, 6.07) is 11.2. The van der Waals surface area contributed by atoms with Gasteiger partial charge in [-0.05, 0) is 48.2 Å². The van der Waals surface area contributed by atoms with Crippen LogP contribution in [0.5, 0.6) is 5.75 Å². The van der Waals surface area contributed by atoms with Crippen molar-refractivity contribution in [2.24, 2.45) is 5.92 Å². The number of hydrogen-bond acceptors (Lipinski definition) is 3. The van der Waals surface area contributed by atoms with Gasteiger partial charge in [-0.1, -0.05) is 12.1 Å². The fraction of sp³-hybridized carbons (Fsp3) is 0.263. The van der Waals surface area contributed by atoms with Gasteiger partial charge in [0.15, 0.2) is 0 Å². The molecular formula is C19H19FN2O3. The largest absolute Gasteiger partial charge is 0.497 e. The van der Waals surface area contributed by atoms with E-state index in [-0.39, 0.29) is 29.5 Å². The van der Waals surface area contributed by atoms with Crippen molar-refractivity contribution in [1.82, 2.24) is 5.32 Å². The predicted molar refractivity (Wildman–Crippen MR) is 92.3 cm³/mol. The van der Waals surface area contributed by atoms with Gasteiger partial charge in [0.25, 0.3) is 5.91 Å². The molecule has 0 spiro atoms. The zero-order valence-electron chi connectivity index (χ0n) is 14.0. The lowest BCUT2D eigenvalue weighted by atomic mass is 10.1. The Balaban J connectivity index is 1.75. The number of carbonyl (C=O) groups is 2. The molecule has 3 rings (SSSR count). The fourth-order valence-electron chi connectivity index (χ4n) is 2.90. The molecule has 0 saturated heterocycles. The second-order valence-corrected chi connectivity index (χ2v) is 5.98. The number of nitrogens with one attached hydrogen (secondary N) is 2. The second-order valence-electron chi connectivity index (χ2n) is 5.98. The first-order chi connectivity index (χ1) is 12.0. The molecular weight excluding hydrogens is 323 g/mol. The van der Waals surface area contributed by atoms with Gasteiger partial charge < -0.3 is 15.4 Å². The van der Waals surface area contributed by atoms with E-state index in [0.717, 1.165) is 5.56 Å². The van der Waals surface area contributed by atoms with Crippen LogP contribution in [0.1, 0.15) is 28.3 Å². The number of hydrogen-bond donors (Lipinski definition) is 2. The lowest BCUT2D eigenvalue weighted by molar-refractivity contribution is -0.117. The summed E-state index contributed by atoms with van der Waals surface area (Å²) in [5, 5.41) is 5.35. The van der Waals surface area contributed by atoms with E-state index >= 15 is 0 Å². The molecule has 2 N–H and O–H groups in total. The SMILES string of the molecule is CNC(=O)c1cc(OC)ccc1NC(=O)[C@@H]1C[C@@H]1c1cccc(F)c1. The number of carbonyl (C=O) groups excluding carboxylic acids is 2. The monoisotopic (exact) mass is 342 g/mol. The molecule has 0 aliphatic heterocycles. The van der Waals surface area contributed by atoms with Crippen molar-refractivity contribution in [2.75, 3.05) is 19.5 Å². The molecule has 0 heterocycles. The zero-order chi connectivity index (χ0) is 18.0. The minimum atomic E-state index is -0.313. The van der Waals surface area contributed by atoms with Gasteiger partial charge in [0.05, 0.1) is 18.4 Å². The first-order valence-electron chi connectivity index (χ1n) is 8.00. The summed E-state index contributed by atoms with van der Waals surface area (Å²) in [4.78, 5) is 24.5. The number of rotatable bonds is 5. The van der Waals surface area contributed by atoms with E-state index in [2.05, 4.69) is 10.6 Å². The standard InChI is InChI=1S/C19H19FN2O3/c1-21-18(23)16-9-13(25-2)6-7-17(16)22-19(24)15-10-14(15)11-4-3-5-12(20)8-11/h3-9,14-15H,10H2,1-2H3,(H,21,23)(H,22,24)/t14-,15-/m1/s1. The maximum Gasteiger partial charge on any atom is 0.253 e. The zero-order valence-corrected chi connectivity index (χ0v) is 14.0. The van der Waals surface area contributed by atoms with Crippen LogP contribution in [-0.4, -0.2) is 26.0 Å². The van der Waals surface area contributed by atoms with Crippen LogP contribution in [-0.2, 0) is 4.79 Å². The highest BCUT2D eigenvalue weighted by atomic mass is 19.1. The summed E-state index contributed by atoms with van der Waals surface area (Å²) >= 11 is 0. The summed E-state index contributed by atoms with van der Waals surface area (Å²) < 4.78 is 18.5. The van der Waals surface area contributed by atoms with Crippen molar-refractivity contribution >= 4 is 17.5 Å². The molecule has 25 heavy (non-hydrogen) atoms. The van der Waals surface area contributed by atoms with E-state index in [9.17, 15) is 14.0 Å². The van der Waals surface area contributed by atoms with Crippen LogP contribution < -0.4 is 15.4 Å². The molecule has 1 fully saturated rings. The molecule has 1 aliphatic rings. The molecule has 2 atom stereocenters. The molecule has 5 nitrogen and oxygen atoms in total. The normalized spacial score (nSPS) is 18.4. The molecule has 1 aliphatic carbocycles. The maximum absolute atomic E-state index is 13.3. The molecule has 2 aromatic carbocycles. The Bertz CT molecular complexity index is 822. The van der Waals surface area contributed by atoms with Crippen LogP contribution >= 0.6 is 0 Å². The van der Waals surface area contributed by atoms with Crippen molar-refractivity contribution < 1.29 is 18.7 Å². The fourth-order valence-corrected chi connectivity index (χ4v) is 2.90. The van der Waals surface area contributed by atoms with Gasteiger partial charge in [-0.25, -0.2) is 4.39 Å². The molecule has 0 radical (unpaired) electrons. The van der Waals surface area contributed by atoms with Gasteiger partial charge in [0.2, 0.25) is 5.91 Å². The number of amides is 2. The molecule has 6 heteroatoms. The third kappa shape index (κ3) is 3.63. The van der Waals surface area contributed by atoms with Crippen LogP contribution in [0.3, 0.4) is 0 Å². The van der Waals surface area contributed by atoms with Gasteiger partial charge in [-0.2, -0.15) is 0 Å². The van der Waals surface area contributed by atoms with Crippen molar-refractivity contribution in [3.63, 3.8) is 0 Å². The van der Waals surface area contributed by atoms with E-state index in [1.54, 1.807) is 24.3 Å². The van der Waals surface area contributed by atoms with Crippen LogP contribution in [0.15, 0.2) is 42.5 Å². The first kappa shape index (κ1) is 17.0. The summed E-state index contributed by atoms with van der Waals surface area (Å²) in [6.45, 7) is 0. The third-order valence-corrected chi connectivity index (χ3v) is 4.36. The number of methoxy groups -OCH3 is 1. The number of benzene rings is 2. The maximum atomic E-state index is 13.3. The van der Waals surface area contributed by atoms with Crippen molar-refractivity contribution in [1.29, 1.82) is 0 Å². The summed E-state index contributed by atoms with van der Waals surface area (Å²) in [5.74, 6) is -0.476. The topological polar surface area (TPSA) is 67.4 Å². The average molecular weight is 342 g/mol. The van der Waals surface area contributed by atoms with Gasteiger partial charge >= 0.3 is 0 Å². The minimum Gasteiger partial charge on any atom is -0.497 e. The van der Waals surface area contributed by atoms with E-state index < -0.39 is 0 Å². The van der Waals surface area contributed by atoms with Crippen LogP contribution in [0.4, 0.5) is 10.1 Å². The first-order valence-corrected chi connectivity index (χ1v) is 8.00. The Hall–Kier alpha value is -2.89. The molecule has 0 aromatic heterocycles. The lowest BCUT2D eigenvalue weighted by Crippen LogP contribution is -2.22. The van der Waals surface area contributed by atoms with E-state index in [4.69, 9.17) is 4.74 Å². The van der Waals surface area contributed by atoms with Crippen molar-refractivity contribution in [3.05, 3.63) is 59.4 Å². The van der Waals surface area contributed by atoms with Crippen LogP contribution in [0.25, 0.3) is 0 Å². The highest BCUT2D eigenvalue weighted by Crippen LogP contribution is 2.48. The third-order valence-electron chi connectivity index (χ3n) is 4.36. The van der Waals surface area contributed by atoms with Crippen LogP contribution in [0.2, 0.25) is 0 Å². The van der Waals surface area contributed by atoms with E-state index in [0.29, 0.717) is 23.4 Å². The Morgan fingerprint density at radius 3 is 2.68 bits per heavy atom. The summed E-state index contributed by atoms with van der Waals surface area (Å²) in [6.07, 6.45) is 0.667. The highest BCUT2D eigenvalue weighted by molar-refractivity contribution is 6.05. The minimum absolute atomic E-state index is 0.0115. The van der Waals surface area contributed by atoms with Crippen LogP contribution in [0, 0.1) is 11.7 Å². The van der Waals surface area contributed by atoms with E-state index in [1.165, 1.54) is 26.3 Å². The number of anilines is 1. The van der Waals surface area contributed by atoms with Crippen molar-refractivity contribution in [3.8, 4) is 5.75 Å². The highest BCUT2D eigenvalue weighted by Gasteiger charge is 2.44. The van der Waals surface area contributed by atoms with Gasteiger partial charge in [-0.3, -0.25) is 9.59 Å². The molecule has 0 unspecified atom stereocenters. The smallest absolute Gasteiger partial charge is 0.253 e. The number of halogens is 1. The van der Waals surface area contributed by atoms with Gasteiger partial charge in [0, 0.05) is 13.0 Å². The molecule has 1 saturated carbocycles. The molecule has 0 bridgehead atoms. The summed E-state index contributed by atoms with van der Waals surface area (Å²) in [5.41, 5.74) is 1.58. The second kappa shape index (κ2) is 6.93. The molecule has 130 valence electrons. The Morgan fingerprint density at radius 1 is 1.20 bits per heavy atom. The average Bonchev–Trinajstić information content (AvgIpc) is 3.42. The predicted octanol–water partition coefficient (Wildman–Crippen LogP) is 2.94. The van der Waals surface area contributed by atoms with Gasteiger partial charge in [0.1, 0.15) is 11.6 Å².